The van der Waals surface area contributed by atoms with Gasteiger partial charge in [-0.3, -0.25) is 4.90 Å². The number of carbonyl (C=O) groups excluding carboxylic acids is 1. The van der Waals surface area contributed by atoms with Crippen molar-refractivity contribution < 1.29 is 23.0 Å². The van der Waals surface area contributed by atoms with Crippen LogP contribution in [-0.2, 0) is 18.4 Å². The van der Waals surface area contributed by atoms with Crippen LogP contribution in [-0.4, -0.2) is 53.7 Å². The molecule has 8 nitrogen and oxygen atoms in total. The summed E-state index contributed by atoms with van der Waals surface area (Å²) in [5.74, 6) is 0.418. The van der Waals surface area contributed by atoms with Crippen molar-refractivity contribution in [2.75, 3.05) is 26.1 Å². The highest BCUT2D eigenvalue weighted by Crippen LogP contribution is 2.50. The number of methoxy groups -OCH3 is 2. The van der Waals surface area contributed by atoms with Crippen LogP contribution in [0.2, 0.25) is 0 Å². The lowest BCUT2D eigenvalue weighted by atomic mass is 9.65. The summed E-state index contributed by atoms with van der Waals surface area (Å²) in [6.45, 7) is 5.77. The zero-order chi connectivity index (χ0) is 28.4. The third-order valence-corrected chi connectivity index (χ3v) is 8.56. The predicted molar refractivity (Wildman–Crippen MR) is 149 cm³/mol. The number of hydrogen-bond acceptors (Lipinski definition) is 5. The van der Waals surface area contributed by atoms with Crippen LogP contribution in [0.3, 0.4) is 0 Å². The molecule has 0 unspecified atom stereocenters. The summed E-state index contributed by atoms with van der Waals surface area (Å²) < 4.78 is 38.1. The topological polar surface area (TPSA) is 91.5 Å². The van der Waals surface area contributed by atoms with E-state index in [9.17, 15) is 13.6 Å². The fourth-order valence-electron chi connectivity index (χ4n) is 6.45. The van der Waals surface area contributed by atoms with Gasteiger partial charge in [-0.1, -0.05) is 13.0 Å². The third-order valence-electron chi connectivity index (χ3n) is 8.56. The van der Waals surface area contributed by atoms with E-state index in [1.165, 1.54) is 11.6 Å². The van der Waals surface area contributed by atoms with Crippen molar-refractivity contribution in [3.63, 3.8) is 0 Å². The van der Waals surface area contributed by atoms with Crippen molar-refractivity contribution in [1.29, 1.82) is 0 Å². The van der Waals surface area contributed by atoms with E-state index in [0.29, 0.717) is 11.5 Å². The number of fused-ring (bicyclic) bond motifs is 1. The lowest BCUT2D eigenvalue weighted by Crippen LogP contribution is -2.52. The van der Waals surface area contributed by atoms with E-state index in [-0.39, 0.29) is 23.2 Å². The Morgan fingerprint density at radius 1 is 1.12 bits per heavy atom. The van der Waals surface area contributed by atoms with Gasteiger partial charge in [0.15, 0.2) is 23.1 Å². The zero-order valence-corrected chi connectivity index (χ0v) is 23.4. The maximum absolute atomic E-state index is 13.6. The van der Waals surface area contributed by atoms with Crippen molar-refractivity contribution in [1.82, 2.24) is 20.2 Å². The second kappa shape index (κ2) is 11.4. The first-order chi connectivity index (χ1) is 19.3. The molecule has 2 fully saturated rings. The quantitative estimate of drug-likeness (QED) is 0.345. The Morgan fingerprint density at radius 3 is 2.62 bits per heavy atom. The number of aryl methyl sites for hydroxylation is 2. The van der Waals surface area contributed by atoms with Gasteiger partial charge in [-0.15, -0.1) is 0 Å². The minimum atomic E-state index is -1.00. The van der Waals surface area contributed by atoms with E-state index in [1.807, 2.05) is 6.07 Å². The number of ether oxygens (including phenoxy) is 2. The molecule has 1 aromatic heterocycles. The number of H-pyrrole nitrogens is 1. The Labute approximate surface area is 233 Å². The van der Waals surface area contributed by atoms with Crippen LogP contribution in [0.1, 0.15) is 55.4 Å². The molecule has 2 aromatic carbocycles. The molecular formula is C30H37F2N5O3. The summed E-state index contributed by atoms with van der Waals surface area (Å²) in [7, 11) is 3.28. The summed E-state index contributed by atoms with van der Waals surface area (Å²) in [4.78, 5) is 23.5. The van der Waals surface area contributed by atoms with E-state index in [2.05, 4.69) is 46.5 Å². The van der Waals surface area contributed by atoms with Crippen molar-refractivity contribution in [3.8, 4) is 11.5 Å². The average molecular weight is 554 g/mol. The molecular weight excluding hydrogens is 516 g/mol. The molecule has 0 radical (unpaired) electrons. The summed E-state index contributed by atoms with van der Waals surface area (Å²) in [5, 5.41) is 5.71. The van der Waals surface area contributed by atoms with Crippen LogP contribution in [0.4, 0.5) is 19.3 Å². The zero-order valence-electron chi connectivity index (χ0n) is 23.4. The molecule has 2 amide bonds. The van der Waals surface area contributed by atoms with Crippen LogP contribution < -0.4 is 20.1 Å². The third kappa shape index (κ3) is 5.37. The number of aromatic amines is 1. The van der Waals surface area contributed by atoms with Gasteiger partial charge in [0.1, 0.15) is 5.82 Å². The van der Waals surface area contributed by atoms with Gasteiger partial charge in [-0.25, -0.2) is 18.6 Å². The number of nitrogens with zero attached hydrogens (tertiary/aromatic N) is 2. The molecule has 2 heterocycles. The van der Waals surface area contributed by atoms with Crippen LogP contribution >= 0.6 is 0 Å². The van der Waals surface area contributed by atoms with E-state index in [0.717, 1.165) is 74.5 Å². The fourth-order valence-corrected chi connectivity index (χ4v) is 6.45. The van der Waals surface area contributed by atoms with Crippen LogP contribution in [0.15, 0.2) is 36.4 Å². The first-order valence-corrected chi connectivity index (χ1v) is 13.8. The number of amides is 2. The molecule has 0 bridgehead atoms. The Hall–Kier alpha value is -3.66. The Bertz CT molecular complexity index is 1380. The number of carbonyl (C=O) groups is 1. The molecule has 5 rings (SSSR count). The fraction of sp³-hybridized carbons (Fsp3) is 0.467. The molecule has 10 heteroatoms. The van der Waals surface area contributed by atoms with Gasteiger partial charge in [0.2, 0.25) is 0 Å². The molecule has 40 heavy (non-hydrogen) atoms. The highest BCUT2D eigenvalue weighted by atomic mass is 19.2. The summed E-state index contributed by atoms with van der Waals surface area (Å²) in [6.07, 6.45) is 4.22. The first kappa shape index (κ1) is 27.9. The van der Waals surface area contributed by atoms with E-state index < -0.39 is 17.7 Å². The van der Waals surface area contributed by atoms with Crippen molar-refractivity contribution in [3.05, 3.63) is 70.8 Å². The van der Waals surface area contributed by atoms with Crippen molar-refractivity contribution >= 4 is 11.7 Å². The number of nitrogens with one attached hydrogen (secondary N) is 3. The van der Waals surface area contributed by atoms with Crippen molar-refractivity contribution in [2.24, 2.45) is 0 Å². The molecule has 1 saturated carbocycles. The second-order valence-electron chi connectivity index (χ2n) is 10.8. The summed E-state index contributed by atoms with van der Waals surface area (Å²) >= 11 is 0. The molecule has 3 atom stereocenters. The van der Waals surface area contributed by atoms with Crippen LogP contribution in [0.25, 0.3) is 0 Å². The summed E-state index contributed by atoms with van der Waals surface area (Å²) in [6, 6.07) is 9.14. The van der Waals surface area contributed by atoms with E-state index in [4.69, 9.17) is 14.5 Å². The number of likely N-dealkylation sites (tertiary alicyclic amines) is 1. The largest absolute Gasteiger partial charge is 0.493 e. The lowest BCUT2D eigenvalue weighted by molar-refractivity contribution is 0.130. The number of halogens is 2. The Kier molecular flexibility index (Phi) is 7.98. The molecule has 0 spiro atoms. The van der Waals surface area contributed by atoms with Crippen LogP contribution in [0.5, 0.6) is 11.5 Å². The number of anilines is 1. The first-order valence-electron chi connectivity index (χ1n) is 13.8. The van der Waals surface area contributed by atoms with E-state index in [1.54, 1.807) is 14.2 Å². The minimum Gasteiger partial charge on any atom is -0.493 e. The number of imidazole rings is 1. The Morgan fingerprint density at radius 2 is 1.93 bits per heavy atom. The molecule has 3 N–H and O–H groups in total. The number of benzene rings is 2. The van der Waals surface area contributed by atoms with Gasteiger partial charge in [0.25, 0.3) is 0 Å². The second-order valence-corrected chi connectivity index (χ2v) is 10.8. The highest BCUT2D eigenvalue weighted by molar-refractivity contribution is 5.89. The molecule has 1 aliphatic carbocycles. The molecule has 214 valence electrons. The normalized spacial score (nSPS) is 22.6. The number of urea groups is 1. The molecule has 3 aromatic rings. The van der Waals surface area contributed by atoms with Gasteiger partial charge in [0.05, 0.1) is 19.9 Å². The van der Waals surface area contributed by atoms with Gasteiger partial charge in [0, 0.05) is 47.9 Å². The SMILES string of the molecule is CCc1nc(CN2CC[C@]3(c4ccc(OC)c(OC)c4)CC[C@H](NC(=O)Nc4ccc(F)c(F)c4)C[C@@H]23)c(C)[nH]1. The number of hydrogen-bond donors (Lipinski definition) is 3. The Balaban J connectivity index is 1.39. The van der Waals surface area contributed by atoms with Gasteiger partial charge in [-0.05, 0) is 69.0 Å². The standard InChI is InChI=1S/C30H37F2N5O3/c1-5-28-33-18(2)24(36-28)17-37-13-12-30(19-6-9-25(39-3)26(14-19)40-4)11-10-21(16-27(30)37)35-29(38)34-20-7-8-22(31)23(32)15-20/h6-9,14-15,21,27H,5,10-13,16-17H2,1-4H3,(H,33,36)(H2,34,35,38)/t21-,27+,30-/m0/s1. The maximum atomic E-state index is 13.6. The van der Waals surface area contributed by atoms with Gasteiger partial charge >= 0.3 is 6.03 Å². The average Bonchev–Trinajstić information content (AvgIpc) is 3.50. The predicted octanol–water partition coefficient (Wildman–Crippen LogP) is 5.46. The number of aromatic nitrogens is 2. The lowest BCUT2D eigenvalue weighted by Gasteiger charge is -2.45. The molecule has 2 aliphatic rings. The smallest absolute Gasteiger partial charge is 0.319 e. The summed E-state index contributed by atoms with van der Waals surface area (Å²) in [5.41, 5.74) is 3.42. The van der Waals surface area contributed by atoms with Gasteiger partial charge in [-0.2, -0.15) is 0 Å². The minimum absolute atomic E-state index is 0.0874. The highest BCUT2D eigenvalue weighted by Gasteiger charge is 2.52. The van der Waals surface area contributed by atoms with E-state index >= 15 is 0 Å². The van der Waals surface area contributed by atoms with Crippen molar-refractivity contribution in [2.45, 2.75) is 70.0 Å². The monoisotopic (exact) mass is 553 g/mol. The van der Waals surface area contributed by atoms with Crippen LogP contribution in [0, 0.1) is 18.6 Å². The molecule has 1 aliphatic heterocycles. The van der Waals surface area contributed by atoms with Gasteiger partial charge < -0.3 is 25.1 Å². The molecule has 1 saturated heterocycles. The maximum Gasteiger partial charge on any atom is 0.319 e. The number of rotatable bonds is 8.